The van der Waals surface area contributed by atoms with E-state index in [1.54, 1.807) is 67.6 Å². The highest BCUT2D eigenvalue weighted by Gasteiger charge is 2.17. The van der Waals surface area contributed by atoms with Gasteiger partial charge in [0.15, 0.2) is 0 Å². The third-order valence-electron chi connectivity index (χ3n) is 5.26. The molecule has 0 unspecified atom stereocenters. The van der Waals surface area contributed by atoms with Crippen LogP contribution in [0.25, 0.3) is 0 Å². The molecule has 0 aliphatic rings. The predicted molar refractivity (Wildman–Crippen MR) is 140 cm³/mol. The minimum atomic E-state index is -4.24. The van der Waals surface area contributed by atoms with Crippen LogP contribution in [0.5, 0.6) is 5.75 Å². The highest BCUT2D eigenvalue weighted by molar-refractivity contribution is 7.87. The molecule has 0 bridgehead atoms. The molecule has 0 spiro atoms. The Balaban J connectivity index is 1.40. The van der Waals surface area contributed by atoms with E-state index in [1.165, 1.54) is 30.3 Å². The number of nitrogens with one attached hydrogen (secondary N) is 1. The molecule has 0 saturated carbocycles. The van der Waals surface area contributed by atoms with Gasteiger partial charge in [-0.3, -0.25) is 4.55 Å². The van der Waals surface area contributed by atoms with Crippen LogP contribution in [0.4, 0.5) is 22.7 Å². The maximum absolute atomic E-state index is 12.6. The van der Waals surface area contributed by atoms with Gasteiger partial charge < -0.3 is 9.50 Å². The molecule has 9 nitrogen and oxygen atoms in total. The van der Waals surface area contributed by atoms with Gasteiger partial charge >= 0.3 is 10.1 Å². The molecule has 4 aromatic carbocycles. The van der Waals surface area contributed by atoms with Crippen LogP contribution >= 0.6 is 0 Å². The first-order valence-electron chi connectivity index (χ1n) is 11.0. The van der Waals surface area contributed by atoms with E-state index >= 15 is 0 Å². The number of hydrogen-bond acceptors (Lipinski definition) is 8. The van der Waals surface area contributed by atoms with Crippen molar-refractivity contribution in [3.63, 3.8) is 0 Å². The van der Waals surface area contributed by atoms with Crippen molar-refractivity contribution in [2.75, 3.05) is 5.32 Å². The van der Waals surface area contributed by atoms with Crippen molar-refractivity contribution >= 4 is 43.0 Å². The second-order valence-electron chi connectivity index (χ2n) is 8.17. The molecule has 0 aliphatic heterocycles. The fourth-order valence-corrected chi connectivity index (χ4v) is 4.73. The summed E-state index contributed by atoms with van der Waals surface area (Å²) >= 11 is 0. The van der Waals surface area contributed by atoms with E-state index in [2.05, 4.69) is 15.5 Å². The summed E-state index contributed by atoms with van der Waals surface area (Å²) in [6.07, 6.45) is 0. The summed E-state index contributed by atoms with van der Waals surface area (Å²) in [4.78, 5) is -0.106. The molecule has 11 heteroatoms. The maximum Gasteiger partial charge on any atom is 0.339 e. The largest absolute Gasteiger partial charge is 0.379 e. The Morgan fingerprint density at radius 1 is 0.676 bits per heavy atom. The fraction of sp³-hybridized carbons (Fsp3) is 0.0769. The van der Waals surface area contributed by atoms with Gasteiger partial charge in [0.05, 0.1) is 16.3 Å². The number of anilines is 2. The van der Waals surface area contributed by atoms with Gasteiger partial charge in [0.1, 0.15) is 10.6 Å². The molecule has 0 amide bonds. The molecule has 37 heavy (non-hydrogen) atoms. The zero-order valence-corrected chi connectivity index (χ0v) is 21.5. The van der Waals surface area contributed by atoms with Gasteiger partial charge in [-0.15, -0.1) is 0 Å². The third-order valence-corrected chi connectivity index (χ3v) is 7.37. The Morgan fingerprint density at radius 2 is 1.19 bits per heavy atom. The molecule has 0 saturated heterocycles. The lowest BCUT2D eigenvalue weighted by atomic mass is 10.2. The topological polar surface area (TPSA) is 134 Å². The standard InChI is InChI=1S/C26H23N3O6S2/c1-18-3-12-25(13-4-18)37(33,34)35-26-16-11-23(17-19(26)2)29-28-22-7-5-20(6-8-22)27-21-9-14-24(15-10-21)36(30,31)32/h3-17,27H,1-2H3,(H,30,31,32). The van der Waals surface area contributed by atoms with Gasteiger partial charge in [0.25, 0.3) is 10.1 Å². The van der Waals surface area contributed by atoms with Crippen molar-refractivity contribution in [1.82, 2.24) is 0 Å². The average Bonchev–Trinajstić information content (AvgIpc) is 2.85. The minimum absolute atomic E-state index is 0.0781. The Morgan fingerprint density at radius 3 is 1.76 bits per heavy atom. The van der Waals surface area contributed by atoms with Crippen molar-refractivity contribution in [3.8, 4) is 5.75 Å². The van der Waals surface area contributed by atoms with Crippen LogP contribution in [-0.4, -0.2) is 21.4 Å². The lowest BCUT2D eigenvalue weighted by Gasteiger charge is -2.10. The summed E-state index contributed by atoms with van der Waals surface area (Å²) in [6, 6.07) is 24.0. The normalized spacial score (nSPS) is 12.0. The van der Waals surface area contributed by atoms with Gasteiger partial charge in [-0.2, -0.15) is 27.1 Å². The van der Waals surface area contributed by atoms with Gasteiger partial charge in [-0.1, -0.05) is 17.7 Å². The minimum Gasteiger partial charge on any atom is -0.379 e. The van der Waals surface area contributed by atoms with Crippen LogP contribution in [0.3, 0.4) is 0 Å². The SMILES string of the molecule is Cc1ccc(S(=O)(=O)Oc2ccc(N=Nc3ccc(Nc4ccc(S(=O)(=O)O)cc4)cc3)cc2C)cc1. The first kappa shape index (κ1) is 26.0. The summed E-state index contributed by atoms with van der Waals surface area (Å²) in [5, 5.41) is 11.5. The zero-order valence-electron chi connectivity index (χ0n) is 19.9. The Labute approximate surface area is 215 Å². The summed E-state index contributed by atoms with van der Waals surface area (Å²) in [5.74, 6) is 0.208. The molecule has 0 fully saturated rings. The number of hydrogen-bond donors (Lipinski definition) is 2. The molecule has 0 radical (unpaired) electrons. The molecule has 0 aliphatic carbocycles. The molecule has 0 atom stereocenters. The van der Waals surface area contributed by atoms with E-state index in [4.69, 9.17) is 8.74 Å². The summed E-state index contributed by atoms with van der Waals surface area (Å²) < 4.78 is 61.8. The summed E-state index contributed by atoms with van der Waals surface area (Å²) in [5.41, 5.74) is 4.04. The maximum atomic E-state index is 12.6. The Bertz CT molecular complexity index is 1650. The Kier molecular flexibility index (Phi) is 7.39. The van der Waals surface area contributed by atoms with E-state index in [1.807, 2.05) is 6.92 Å². The predicted octanol–water partition coefficient (Wildman–Crippen LogP) is 6.48. The first-order valence-corrected chi connectivity index (χ1v) is 13.8. The van der Waals surface area contributed by atoms with Crippen molar-refractivity contribution in [2.24, 2.45) is 10.2 Å². The number of aryl methyl sites for hydroxylation is 2. The molecular formula is C26H23N3O6S2. The lowest BCUT2D eigenvalue weighted by Crippen LogP contribution is -2.10. The molecule has 0 heterocycles. The number of azo groups is 1. The molecule has 2 N–H and O–H groups in total. The van der Waals surface area contributed by atoms with Gasteiger partial charge in [0.2, 0.25) is 0 Å². The number of nitrogens with zero attached hydrogens (tertiary/aromatic N) is 2. The molecule has 190 valence electrons. The van der Waals surface area contributed by atoms with Crippen LogP contribution in [0.1, 0.15) is 11.1 Å². The van der Waals surface area contributed by atoms with Crippen molar-refractivity contribution in [2.45, 2.75) is 23.6 Å². The number of benzene rings is 4. The highest BCUT2D eigenvalue weighted by Crippen LogP contribution is 2.28. The quantitative estimate of drug-likeness (QED) is 0.149. The third kappa shape index (κ3) is 6.79. The monoisotopic (exact) mass is 537 g/mol. The molecular weight excluding hydrogens is 514 g/mol. The second-order valence-corrected chi connectivity index (χ2v) is 11.1. The average molecular weight is 538 g/mol. The molecule has 4 aromatic rings. The van der Waals surface area contributed by atoms with Crippen LogP contribution in [-0.2, 0) is 20.2 Å². The van der Waals surface area contributed by atoms with E-state index in [0.717, 1.165) is 11.3 Å². The van der Waals surface area contributed by atoms with Crippen LogP contribution < -0.4 is 9.50 Å². The van der Waals surface area contributed by atoms with Gasteiger partial charge in [0, 0.05) is 11.4 Å². The summed E-state index contributed by atoms with van der Waals surface area (Å²) in [6.45, 7) is 3.60. The fourth-order valence-electron chi connectivity index (χ4n) is 3.26. The van der Waals surface area contributed by atoms with E-state index in [-0.39, 0.29) is 15.5 Å². The van der Waals surface area contributed by atoms with Crippen LogP contribution in [0.15, 0.2) is 111 Å². The highest BCUT2D eigenvalue weighted by atomic mass is 32.2. The van der Waals surface area contributed by atoms with Crippen molar-refractivity contribution < 1.29 is 25.6 Å². The van der Waals surface area contributed by atoms with Gasteiger partial charge in [-0.05, 0) is 98.3 Å². The summed E-state index contributed by atoms with van der Waals surface area (Å²) in [7, 11) is -8.19. The van der Waals surface area contributed by atoms with Gasteiger partial charge in [-0.25, -0.2) is 0 Å². The van der Waals surface area contributed by atoms with E-state index < -0.39 is 20.2 Å². The molecule has 0 aromatic heterocycles. The van der Waals surface area contributed by atoms with Crippen LogP contribution in [0.2, 0.25) is 0 Å². The van der Waals surface area contributed by atoms with Crippen molar-refractivity contribution in [3.05, 3.63) is 102 Å². The van der Waals surface area contributed by atoms with Crippen LogP contribution in [0, 0.1) is 13.8 Å². The van der Waals surface area contributed by atoms with E-state index in [0.29, 0.717) is 22.6 Å². The molecule has 4 rings (SSSR count). The zero-order chi connectivity index (χ0) is 26.6. The van der Waals surface area contributed by atoms with Crippen molar-refractivity contribution in [1.29, 1.82) is 0 Å². The smallest absolute Gasteiger partial charge is 0.339 e. The Hall–Kier alpha value is -4.06. The van der Waals surface area contributed by atoms with E-state index in [9.17, 15) is 16.8 Å². The second kappa shape index (κ2) is 10.5. The first-order chi connectivity index (χ1) is 17.5. The lowest BCUT2D eigenvalue weighted by molar-refractivity contribution is 0.481. The number of rotatable bonds is 8.